The lowest BCUT2D eigenvalue weighted by Gasteiger charge is -2.17. The second-order valence-electron chi connectivity index (χ2n) is 2.52. The molecule has 1 atom stereocenters. The fourth-order valence-electron chi connectivity index (χ4n) is 0.334. The normalized spacial score (nSPS) is 15.4. The first kappa shape index (κ1) is 10.8. The van der Waals surface area contributed by atoms with E-state index in [4.69, 9.17) is 4.55 Å². The van der Waals surface area contributed by atoms with E-state index in [1.807, 2.05) is 0 Å². The van der Waals surface area contributed by atoms with Crippen LogP contribution in [0.5, 0.6) is 0 Å². The molecule has 68 valence electrons. The first-order valence-corrected chi connectivity index (χ1v) is 4.47. The maximum atomic E-state index is 10.1. The predicted octanol–water partition coefficient (Wildman–Crippen LogP) is -0.244. The van der Waals surface area contributed by atoms with Crippen molar-refractivity contribution in [2.75, 3.05) is 20.7 Å². The third-order valence-corrected chi connectivity index (χ3v) is 1.77. The fourth-order valence-corrected chi connectivity index (χ4v) is 0.702. The lowest BCUT2D eigenvalue weighted by atomic mass is 10.3. The van der Waals surface area contributed by atoms with Crippen LogP contribution in [0.2, 0.25) is 0 Å². The first-order chi connectivity index (χ1) is 4.83. The SMILES string of the molecule is CC(COS(=O)(=O)O)N(C)C. The highest BCUT2D eigenvalue weighted by Crippen LogP contribution is 1.95. The zero-order valence-electron chi connectivity index (χ0n) is 6.81. The molecule has 0 aromatic carbocycles. The summed E-state index contributed by atoms with van der Waals surface area (Å²) in [5, 5.41) is 0. The van der Waals surface area contributed by atoms with Crippen molar-refractivity contribution >= 4 is 10.4 Å². The zero-order valence-corrected chi connectivity index (χ0v) is 7.63. The number of likely N-dealkylation sites (N-methyl/N-ethyl adjacent to an activating group) is 1. The maximum Gasteiger partial charge on any atom is 0.397 e. The van der Waals surface area contributed by atoms with Crippen molar-refractivity contribution in [3.8, 4) is 0 Å². The van der Waals surface area contributed by atoms with Crippen molar-refractivity contribution in [2.24, 2.45) is 0 Å². The molecule has 0 aliphatic carbocycles. The molecule has 0 radical (unpaired) electrons. The number of hydrogen-bond donors (Lipinski definition) is 1. The summed E-state index contributed by atoms with van der Waals surface area (Å²) >= 11 is 0. The van der Waals surface area contributed by atoms with Crippen LogP contribution < -0.4 is 0 Å². The molecular weight excluding hydrogens is 170 g/mol. The minimum absolute atomic E-state index is 0.0359. The lowest BCUT2D eigenvalue weighted by molar-refractivity contribution is 0.185. The van der Waals surface area contributed by atoms with Crippen LogP contribution in [0.3, 0.4) is 0 Å². The number of hydrogen-bond acceptors (Lipinski definition) is 4. The van der Waals surface area contributed by atoms with E-state index in [0.29, 0.717) is 0 Å². The molecule has 0 rings (SSSR count). The van der Waals surface area contributed by atoms with Crippen LogP contribution in [0.15, 0.2) is 0 Å². The second kappa shape index (κ2) is 4.01. The summed E-state index contributed by atoms with van der Waals surface area (Å²) in [4.78, 5) is 1.78. The van der Waals surface area contributed by atoms with E-state index in [1.165, 1.54) is 0 Å². The van der Waals surface area contributed by atoms with Crippen molar-refractivity contribution in [2.45, 2.75) is 13.0 Å². The fraction of sp³-hybridized carbons (Fsp3) is 1.00. The van der Waals surface area contributed by atoms with Gasteiger partial charge in [-0.05, 0) is 21.0 Å². The molecule has 5 nitrogen and oxygen atoms in total. The molecule has 0 saturated heterocycles. The summed E-state index contributed by atoms with van der Waals surface area (Å²) in [7, 11) is -0.700. The van der Waals surface area contributed by atoms with Gasteiger partial charge in [-0.2, -0.15) is 8.42 Å². The van der Waals surface area contributed by atoms with Gasteiger partial charge >= 0.3 is 10.4 Å². The molecule has 0 saturated carbocycles. The summed E-state index contributed by atoms with van der Waals surface area (Å²) in [6.45, 7) is 1.75. The molecule has 0 spiro atoms. The van der Waals surface area contributed by atoms with Gasteiger partial charge < -0.3 is 4.90 Å². The van der Waals surface area contributed by atoms with E-state index in [2.05, 4.69) is 4.18 Å². The Balaban J connectivity index is 3.72. The highest BCUT2D eigenvalue weighted by Gasteiger charge is 2.10. The van der Waals surface area contributed by atoms with Gasteiger partial charge in [0, 0.05) is 6.04 Å². The average Bonchev–Trinajstić information content (AvgIpc) is 1.80. The van der Waals surface area contributed by atoms with Crippen LogP contribution >= 0.6 is 0 Å². The molecule has 1 N–H and O–H groups in total. The van der Waals surface area contributed by atoms with Crippen molar-refractivity contribution < 1.29 is 17.2 Å². The molecule has 0 bridgehead atoms. The highest BCUT2D eigenvalue weighted by atomic mass is 32.3. The topological polar surface area (TPSA) is 66.8 Å². The molecular formula is C5H13NO4S. The minimum Gasteiger partial charge on any atom is -0.304 e. The van der Waals surface area contributed by atoms with Crippen LogP contribution in [-0.2, 0) is 14.6 Å². The van der Waals surface area contributed by atoms with Crippen LogP contribution in [0.25, 0.3) is 0 Å². The number of nitrogens with zero attached hydrogens (tertiary/aromatic N) is 1. The van der Waals surface area contributed by atoms with Gasteiger partial charge in [0.1, 0.15) is 0 Å². The van der Waals surface area contributed by atoms with Gasteiger partial charge in [-0.3, -0.25) is 4.55 Å². The molecule has 11 heavy (non-hydrogen) atoms. The number of rotatable bonds is 4. The first-order valence-electron chi connectivity index (χ1n) is 3.11. The minimum atomic E-state index is -4.28. The van der Waals surface area contributed by atoms with Gasteiger partial charge in [0.05, 0.1) is 6.61 Å². The molecule has 6 heteroatoms. The Bertz CT molecular complexity index is 199. The van der Waals surface area contributed by atoms with E-state index >= 15 is 0 Å². The van der Waals surface area contributed by atoms with Crippen molar-refractivity contribution in [3.63, 3.8) is 0 Å². The van der Waals surface area contributed by atoms with Gasteiger partial charge in [0.2, 0.25) is 0 Å². The standard InChI is InChI=1S/C5H13NO4S/c1-5(6(2)3)4-10-11(7,8)9/h5H,4H2,1-3H3,(H,7,8,9). The Labute approximate surface area is 66.9 Å². The highest BCUT2D eigenvalue weighted by molar-refractivity contribution is 7.80. The largest absolute Gasteiger partial charge is 0.397 e. The molecule has 0 amide bonds. The average molecular weight is 183 g/mol. The quantitative estimate of drug-likeness (QED) is 0.609. The van der Waals surface area contributed by atoms with Gasteiger partial charge in [-0.1, -0.05) is 0 Å². The molecule has 0 heterocycles. The molecule has 0 aromatic heterocycles. The molecule has 1 unspecified atom stereocenters. The molecule has 0 aliphatic rings. The summed E-state index contributed by atoms with van der Waals surface area (Å²) in [6, 6.07) is -0.0445. The van der Waals surface area contributed by atoms with E-state index < -0.39 is 10.4 Å². The van der Waals surface area contributed by atoms with Crippen LogP contribution in [0, 0.1) is 0 Å². The van der Waals surface area contributed by atoms with Crippen molar-refractivity contribution in [1.82, 2.24) is 4.90 Å². The summed E-state index contributed by atoms with van der Waals surface area (Å²) < 4.78 is 32.5. The smallest absolute Gasteiger partial charge is 0.304 e. The van der Waals surface area contributed by atoms with Gasteiger partial charge in [0.15, 0.2) is 0 Å². The summed E-state index contributed by atoms with van der Waals surface area (Å²) in [6.07, 6.45) is 0. The zero-order chi connectivity index (χ0) is 9.07. The molecule has 0 fully saturated rings. The third kappa shape index (κ3) is 6.24. The van der Waals surface area contributed by atoms with Crippen molar-refractivity contribution in [1.29, 1.82) is 0 Å². The summed E-state index contributed by atoms with van der Waals surface area (Å²) in [5.41, 5.74) is 0. The van der Waals surface area contributed by atoms with E-state index in [9.17, 15) is 8.42 Å². The van der Waals surface area contributed by atoms with Crippen LogP contribution in [0.1, 0.15) is 6.92 Å². The Morgan fingerprint density at radius 2 is 2.00 bits per heavy atom. The predicted molar refractivity (Wildman–Crippen MR) is 40.6 cm³/mol. The molecule has 0 aromatic rings. The Morgan fingerprint density at radius 1 is 1.55 bits per heavy atom. The Kier molecular flexibility index (Phi) is 3.95. The van der Waals surface area contributed by atoms with Gasteiger partial charge in [-0.25, -0.2) is 4.18 Å². The Hall–Kier alpha value is -0.170. The third-order valence-electron chi connectivity index (χ3n) is 1.34. The van der Waals surface area contributed by atoms with Crippen LogP contribution in [0.4, 0.5) is 0 Å². The van der Waals surface area contributed by atoms with E-state index in [1.54, 1.807) is 25.9 Å². The van der Waals surface area contributed by atoms with E-state index in [-0.39, 0.29) is 12.6 Å². The van der Waals surface area contributed by atoms with Crippen LogP contribution in [-0.4, -0.2) is 44.6 Å². The van der Waals surface area contributed by atoms with Crippen molar-refractivity contribution in [3.05, 3.63) is 0 Å². The van der Waals surface area contributed by atoms with Gasteiger partial charge in [0.25, 0.3) is 0 Å². The monoisotopic (exact) mass is 183 g/mol. The van der Waals surface area contributed by atoms with E-state index in [0.717, 1.165) is 0 Å². The second-order valence-corrected chi connectivity index (χ2v) is 3.62. The van der Waals surface area contributed by atoms with Gasteiger partial charge in [-0.15, -0.1) is 0 Å². The Morgan fingerprint density at radius 3 is 2.27 bits per heavy atom. The lowest BCUT2D eigenvalue weighted by Crippen LogP contribution is -2.30. The summed E-state index contributed by atoms with van der Waals surface area (Å²) in [5.74, 6) is 0. The maximum absolute atomic E-state index is 10.1. The molecule has 0 aliphatic heterocycles.